The Morgan fingerprint density at radius 2 is 1.88 bits per heavy atom. The van der Waals surface area contributed by atoms with Crippen LogP contribution in [-0.2, 0) is 6.18 Å². The van der Waals surface area contributed by atoms with Gasteiger partial charge in [-0.2, -0.15) is 13.2 Å². The van der Waals surface area contributed by atoms with Crippen LogP contribution in [0.15, 0.2) is 12.1 Å². The highest BCUT2D eigenvalue weighted by molar-refractivity contribution is 5.96. The average Bonchev–Trinajstić information content (AvgIpc) is 2.14. The molecule has 0 unspecified atom stereocenters. The van der Waals surface area contributed by atoms with Crippen molar-refractivity contribution in [1.29, 1.82) is 0 Å². The molecule has 0 spiro atoms. The number of alkyl halides is 3. The minimum Gasteiger partial charge on any atom is -0.294 e. The average molecular weight is 247 g/mol. The third kappa shape index (κ3) is 2.61. The van der Waals surface area contributed by atoms with Crippen LogP contribution in [0.25, 0.3) is 0 Å². The summed E-state index contributed by atoms with van der Waals surface area (Å²) in [6.07, 6.45) is -4.71. The van der Waals surface area contributed by atoms with E-state index >= 15 is 0 Å². The van der Waals surface area contributed by atoms with Crippen molar-refractivity contribution < 1.29 is 22.9 Å². The van der Waals surface area contributed by atoms with Crippen LogP contribution in [-0.4, -0.2) is 10.7 Å². The molecule has 1 aromatic carbocycles. The zero-order valence-corrected chi connectivity index (χ0v) is 8.96. The molecule has 0 N–H and O–H groups in total. The molecule has 0 radical (unpaired) electrons. The third-order valence-electron chi connectivity index (χ3n) is 2.22. The van der Waals surface area contributed by atoms with Gasteiger partial charge in [-0.1, -0.05) is 0 Å². The van der Waals surface area contributed by atoms with Gasteiger partial charge in [0.1, 0.15) is 0 Å². The Kier molecular flexibility index (Phi) is 3.21. The minimum absolute atomic E-state index is 0.132. The Hall–Kier alpha value is -1.92. The van der Waals surface area contributed by atoms with Crippen LogP contribution in [0.2, 0.25) is 0 Å². The first-order valence-electron chi connectivity index (χ1n) is 4.51. The number of halogens is 3. The Balaban J connectivity index is 3.58. The lowest BCUT2D eigenvalue weighted by molar-refractivity contribution is -0.385. The van der Waals surface area contributed by atoms with Crippen molar-refractivity contribution in [3.63, 3.8) is 0 Å². The fourth-order valence-corrected chi connectivity index (χ4v) is 1.42. The van der Waals surface area contributed by atoms with Crippen molar-refractivity contribution in [2.75, 3.05) is 0 Å². The summed E-state index contributed by atoms with van der Waals surface area (Å²) in [7, 11) is 0. The van der Waals surface area contributed by atoms with E-state index in [0.717, 1.165) is 6.92 Å². The molecule has 0 aliphatic rings. The molecule has 0 fully saturated rings. The van der Waals surface area contributed by atoms with Crippen molar-refractivity contribution in [3.8, 4) is 0 Å². The molecular weight excluding hydrogens is 239 g/mol. The second-order valence-corrected chi connectivity index (χ2v) is 3.50. The molecule has 1 aromatic rings. The summed E-state index contributed by atoms with van der Waals surface area (Å²) in [5.74, 6) is -0.861. The highest BCUT2D eigenvalue weighted by atomic mass is 19.4. The molecule has 4 nitrogen and oxygen atoms in total. The van der Waals surface area contributed by atoms with Gasteiger partial charge in [0.25, 0.3) is 5.69 Å². The largest absolute Gasteiger partial charge is 0.417 e. The van der Waals surface area contributed by atoms with Crippen LogP contribution in [0.4, 0.5) is 18.9 Å². The maximum Gasteiger partial charge on any atom is 0.417 e. The van der Waals surface area contributed by atoms with Crippen LogP contribution in [0.3, 0.4) is 0 Å². The van der Waals surface area contributed by atoms with Gasteiger partial charge in [0, 0.05) is 17.2 Å². The van der Waals surface area contributed by atoms with Crippen LogP contribution >= 0.6 is 0 Å². The van der Waals surface area contributed by atoms with E-state index in [4.69, 9.17) is 0 Å². The Labute approximate surface area is 94.2 Å². The fraction of sp³-hybridized carbons (Fsp3) is 0.300. The maximum absolute atomic E-state index is 12.6. The zero-order chi connectivity index (χ0) is 13.4. The first-order chi connectivity index (χ1) is 7.64. The van der Waals surface area contributed by atoms with Crippen molar-refractivity contribution in [2.24, 2.45) is 0 Å². The number of ketones is 1. The predicted molar refractivity (Wildman–Crippen MR) is 52.8 cm³/mol. The van der Waals surface area contributed by atoms with Gasteiger partial charge in [-0.25, -0.2) is 0 Å². The molecule has 0 heterocycles. The highest BCUT2D eigenvalue weighted by Crippen LogP contribution is 2.35. The van der Waals surface area contributed by atoms with Crippen LogP contribution in [0.1, 0.15) is 28.4 Å². The molecule has 0 saturated heterocycles. The molecule has 0 aromatic heterocycles. The molecule has 0 atom stereocenters. The Morgan fingerprint density at radius 3 is 2.24 bits per heavy atom. The quantitative estimate of drug-likeness (QED) is 0.458. The number of nitro benzene ring substituents is 1. The van der Waals surface area contributed by atoms with Gasteiger partial charge in [-0.3, -0.25) is 14.9 Å². The van der Waals surface area contributed by atoms with E-state index in [1.807, 2.05) is 0 Å². The Morgan fingerprint density at radius 1 is 1.35 bits per heavy atom. The lowest BCUT2D eigenvalue weighted by Crippen LogP contribution is -2.13. The van der Waals surface area contributed by atoms with E-state index in [0.29, 0.717) is 12.1 Å². The second-order valence-electron chi connectivity index (χ2n) is 3.50. The van der Waals surface area contributed by atoms with Crippen molar-refractivity contribution >= 4 is 11.5 Å². The fourth-order valence-electron chi connectivity index (χ4n) is 1.42. The van der Waals surface area contributed by atoms with E-state index in [-0.39, 0.29) is 5.56 Å². The zero-order valence-electron chi connectivity index (χ0n) is 8.96. The third-order valence-corrected chi connectivity index (χ3v) is 2.22. The molecule has 7 heteroatoms. The van der Waals surface area contributed by atoms with Crippen molar-refractivity contribution in [1.82, 2.24) is 0 Å². The number of benzene rings is 1. The summed E-state index contributed by atoms with van der Waals surface area (Å²) in [6.45, 7) is 2.13. The summed E-state index contributed by atoms with van der Waals surface area (Å²) in [5.41, 5.74) is -2.46. The first kappa shape index (κ1) is 13.1. The molecule has 92 valence electrons. The monoisotopic (exact) mass is 247 g/mol. The van der Waals surface area contributed by atoms with Crippen molar-refractivity contribution in [3.05, 3.63) is 38.9 Å². The molecule has 0 saturated carbocycles. The summed E-state index contributed by atoms with van der Waals surface area (Å²) >= 11 is 0. The lowest BCUT2D eigenvalue weighted by atomic mass is 9.99. The van der Waals surface area contributed by atoms with Gasteiger partial charge in [0.2, 0.25) is 0 Å². The van der Waals surface area contributed by atoms with Crippen LogP contribution in [0, 0.1) is 17.0 Å². The number of carbonyl (C=O) groups excluding carboxylic acids is 1. The number of nitro groups is 1. The maximum atomic E-state index is 12.6. The number of hydrogen-bond donors (Lipinski definition) is 0. The van der Waals surface area contributed by atoms with E-state index in [1.165, 1.54) is 6.92 Å². The normalized spacial score (nSPS) is 11.4. The molecule has 0 bridgehead atoms. The lowest BCUT2D eigenvalue weighted by Gasteiger charge is -2.11. The standard InChI is InChI=1S/C10H8F3NO3/c1-5-3-8(10(11,12)13)7(6(2)15)4-9(5)14(16)17/h3-4H,1-2H3. The number of Topliss-reactive ketones (excluding diaryl/α,β-unsaturated/α-hetero) is 1. The number of hydrogen-bond acceptors (Lipinski definition) is 3. The van der Waals surface area contributed by atoms with E-state index in [9.17, 15) is 28.1 Å². The molecular formula is C10H8F3NO3. The van der Waals surface area contributed by atoms with Gasteiger partial charge >= 0.3 is 6.18 Å². The van der Waals surface area contributed by atoms with Crippen LogP contribution in [0.5, 0.6) is 0 Å². The SMILES string of the molecule is CC(=O)c1cc([N+](=O)[O-])c(C)cc1C(F)(F)F. The first-order valence-corrected chi connectivity index (χ1v) is 4.51. The van der Waals surface area contributed by atoms with Gasteiger partial charge in [-0.05, 0) is 19.9 Å². The number of rotatable bonds is 2. The number of aryl methyl sites for hydroxylation is 1. The molecule has 17 heavy (non-hydrogen) atoms. The summed E-state index contributed by atoms with van der Waals surface area (Å²) in [4.78, 5) is 20.8. The highest BCUT2D eigenvalue weighted by Gasteiger charge is 2.36. The van der Waals surface area contributed by atoms with Gasteiger partial charge in [-0.15, -0.1) is 0 Å². The van der Waals surface area contributed by atoms with Gasteiger partial charge in [0.05, 0.1) is 10.5 Å². The molecule has 1 rings (SSSR count). The Bertz CT molecular complexity index is 494. The molecule has 0 aliphatic carbocycles. The van der Waals surface area contributed by atoms with Gasteiger partial charge < -0.3 is 0 Å². The molecule has 0 amide bonds. The van der Waals surface area contributed by atoms with Crippen LogP contribution < -0.4 is 0 Å². The number of nitrogens with zero attached hydrogens (tertiary/aromatic N) is 1. The second kappa shape index (κ2) is 4.15. The summed E-state index contributed by atoms with van der Waals surface area (Å²) in [6, 6.07) is 1.29. The molecule has 0 aliphatic heterocycles. The van der Waals surface area contributed by atoms with Crippen molar-refractivity contribution in [2.45, 2.75) is 20.0 Å². The minimum atomic E-state index is -4.71. The topological polar surface area (TPSA) is 60.2 Å². The van der Waals surface area contributed by atoms with Gasteiger partial charge in [0.15, 0.2) is 5.78 Å². The van der Waals surface area contributed by atoms with E-state index in [2.05, 4.69) is 0 Å². The number of carbonyl (C=O) groups is 1. The van der Waals surface area contributed by atoms with E-state index < -0.39 is 33.7 Å². The summed E-state index contributed by atoms with van der Waals surface area (Å²) < 4.78 is 37.8. The predicted octanol–water partition coefficient (Wildman–Crippen LogP) is 3.12. The smallest absolute Gasteiger partial charge is 0.294 e. The van der Waals surface area contributed by atoms with E-state index in [1.54, 1.807) is 0 Å². The summed E-state index contributed by atoms with van der Waals surface area (Å²) in [5, 5.41) is 10.6.